The molecule has 0 bridgehead atoms. The van der Waals surface area contributed by atoms with Gasteiger partial charge in [0.2, 0.25) is 10.0 Å². The average Bonchev–Trinajstić information content (AvgIpc) is 3.27. The number of hydrogen-bond acceptors (Lipinski definition) is 5. The number of carbonyl (C=O) groups excluding carboxylic acids is 1. The van der Waals surface area contributed by atoms with Crippen LogP contribution in [0, 0.1) is 0 Å². The van der Waals surface area contributed by atoms with E-state index in [1.54, 1.807) is 28.9 Å². The molecule has 0 unspecified atom stereocenters. The number of anilines is 2. The molecule has 4 N–H and O–H groups in total. The first-order chi connectivity index (χ1) is 14.2. The fourth-order valence-electron chi connectivity index (χ4n) is 3.79. The second-order valence-electron chi connectivity index (χ2n) is 7.51. The highest BCUT2D eigenvalue weighted by molar-refractivity contribution is 7.92. The highest BCUT2D eigenvalue weighted by Crippen LogP contribution is 2.32. The number of benzene rings is 1. The van der Waals surface area contributed by atoms with E-state index in [9.17, 15) is 17.6 Å². The van der Waals surface area contributed by atoms with Gasteiger partial charge in [0, 0.05) is 17.4 Å². The molecule has 1 aliphatic carbocycles. The van der Waals surface area contributed by atoms with Crippen molar-refractivity contribution in [1.29, 1.82) is 0 Å². The molecule has 3 aromatic rings. The van der Waals surface area contributed by atoms with Crippen LogP contribution in [0.25, 0.3) is 16.6 Å². The largest absolute Gasteiger partial charge is 0.377 e. The summed E-state index contributed by atoms with van der Waals surface area (Å²) >= 11 is 0. The molecule has 0 radical (unpaired) electrons. The van der Waals surface area contributed by atoms with E-state index in [0.29, 0.717) is 29.7 Å². The lowest BCUT2D eigenvalue weighted by Gasteiger charge is -2.19. The second kappa shape index (κ2) is 7.60. The van der Waals surface area contributed by atoms with E-state index in [0.717, 1.165) is 23.8 Å². The number of halogens is 1. The third-order valence-corrected chi connectivity index (χ3v) is 5.77. The lowest BCUT2D eigenvalue weighted by atomic mass is 10.1. The van der Waals surface area contributed by atoms with Crippen LogP contribution < -0.4 is 15.8 Å². The summed E-state index contributed by atoms with van der Waals surface area (Å²) in [6.07, 6.45) is 5.14. The van der Waals surface area contributed by atoms with Crippen molar-refractivity contribution in [2.24, 2.45) is 5.73 Å². The van der Waals surface area contributed by atoms with Gasteiger partial charge in [0.1, 0.15) is 6.17 Å². The van der Waals surface area contributed by atoms with Gasteiger partial charge in [-0.15, -0.1) is 0 Å². The van der Waals surface area contributed by atoms with E-state index >= 15 is 0 Å². The van der Waals surface area contributed by atoms with Crippen LogP contribution in [0.4, 0.5) is 15.8 Å². The molecule has 1 fully saturated rings. The number of hydrogen-bond donors (Lipinski definition) is 3. The maximum Gasteiger partial charge on any atom is 0.252 e. The second-order valence-corrected chi connectivity index (χ2v) is 9.26. The first-order valence-corrected chi connectivity index (χ1v) is 11.4. The van der Waals surface area contributed by atoms with Gasteiger partial charge in [-0.25, -0.2) is 17.3 Å². The zero-order chi connectivity index (χ0) is 21.5. The van der Waals surface area contributed by atoms with Crippen LogP contribution in [0.1, 0.15) is 29.6 Å². The molecular weight excluding hydrogens is 409 g/mol. The van der Waals surface area contributed by atoms with E-state index in [2.05, 4.69) is 15.1 Å². The number of nitrogens with zero attached hydrogens (tertiary/aromatic N) is 2. The fraction of sp³-hybridized carbons (Fsp3) is 0.300. The molecular formula is C20H22FN5O3S. The van der Waals surface area contributed by atoms with Gasteiger partial charge in [-0.3, -0.25) is 9.52 Å². The Hall–Kier alpha value is -3.14. The number of aromatic nitrogens is 2. The normalized spacial score (nSPS) is 19.1. The van der Waals surface area contributed by atoms with Crippen LogP contribution in [-0.2, 0) is 10.0 Å². The highest BCUT2D eigenvalue weighted by Gasteiger charge is 2.29. The van der Waals surface area contributed by atoms with E-state index in [-0.39, 0.29) is 5.56 Å². The predicted molar refractivity (Wildman–Crippen MR) is 114 cm³/mol. The Bertz CT molecular complexity index is 1220. The molecule has 2 atom stereocenters. The van der Waals surface area contributed by atoms with E-state index in [4.69, 9.17) is 5.73 Å². The van der Waals surface area contributed by atoms with E-state index in [1.807, 2.05) is 12.1 Å². The maximum absolute atomic E-state index is 14.2. The minimum atomic E-state index is -3.41. The molecule has 1 amide bonds. The molecule has 30 heavy (non-hydrogen) atoms. The SMILES string of the molecule is CS(=O)(=O)Nc1cccc(-c2cc3c(N[C@@H]4CCC[C@@H]4F)c(C(N)=O)cnn3c2)c1. The van der Waals surface area contributed by atoms with Crippen LogP contribution in [0.3, 0.4) is 0 Å². The molecule has 1 aliphatic rings. The maximum atomic E-state index is 14.2. The summed E-state index contributed by atoms with van der Waals surface area (Å²) in [5, 5.41) is 7.42. The zero-order valence-corrected chi connectivity index (χ0v) is 17.1. The highest BCUT2D eigenvalue weighted by atomic mass is 32.2. The Morgan fingerprint density at radius 2 is 2.07 bits per heavy atom. The van der Waals surface area contributed by atoms with Crippen molar-refractivity contribution in [3.8, 4) is 11.1 Å². The van der Waals surface area contributed by atoms with Crippen LogP contribution in [0.2, 0.25) is 0 Å². The fourth-order valence-corrected chi connectivity index (χ4v) is 4.35. The number of carbonyl (C=O) groups is 1. The molecule has 158 valence electrons. The molecule has 0 spiro atoms. The Balaban J connectivity index is 1.78. The molecule has 2 heterocycles. The molecule has 0 aliphatic heterocycles. The number of nitrogens with two attached hydrogens (primary N) is 1. The van der Waals surface area contributed by atoms with Crippen molar-refractivity contribution in [3.05, 3.63) is 48.3 Å². The summed E-state index contributed by atoms with van der Waals surface area (Å²) in [4.78, 5) is 11.9. The Kier molecular flexibility index (Phi) is 5.10. The third-order valence-electron chi connectivity index (χ3n) is 5.16. The number of fused-ring (bicyclic) bond motifs is 1. The quantitative estimate of drug-likeness (QED) is 0.555. The standard InChI is InChI=1S/C20H22FN5O3S/c1-30(28,29)25-14-5-2-4-12(8-14)13-9-18-19(24-17-7-3-6-16(17)21)15(20(22)27)10-23-26(18)11-13/h2,4-5,8-11,16-17,24-25H,3,6-7H2,1H3,(H2,22,27)/t16-,17+/m0/s1. The van der Waals surface area contributed by atoms with E-state index in [1.165, 1.54) is 6.20 Å². The molecule has 4 rings (SSSR count). The summed E-state index contributed by atoms with van der Waals surface area (Å²) in [5.74, 6) is -0.650. The third kappa shape index (κ3) is 4.09. The van der Waals surface area contributed by atoms with Gasteiger partial charge in [0.05, 0.1) is 35.3 Å². The summed E-state index contributed by atoms with van der Waals surface area (Å²) in [6, 6.07) is 8.33. The number of sulfonamides is 1. The van der Waals surface area contributed by atoms with Crippen molar-refractivity contribution >= 4 is 32.8 Å². The molecule has 2 aromatic heterocycles. The van der Waals surface area contributed by atoms with Crippen molar-refractivity contribution in [1.82, 2.24) is 9.61 Å². The lowest BCUT2D eigenvalue weighted by molar-refractivity contribution is 0.100. The van der Waals surface area contributed by atoms with Crippen LogP contribution in [0.15, 0.2) is 42.7 Å². The minimum absolute atomic E-state index is 0.193. The number of primary amides is 1. The lowest BCUT2D eigenvalue weighted by Crippen LogP contribution is -2.27. The van der Waals surface area contributed by atoms with Crippen LogP contribution >= 0.6 is 0 Å². The Labute approximate surface area is 173 Å². The number of rotatable bonds is 6. The van der Waals surface area contributed by atoms with Crippen molar-refractivity contribution in [2.75, 3.05) is 16.3 Å². The van der Waals surface area contributed by atoms with Gasteiger partial charge in [0.15, 0.2) is 0 Å². The topological polar surface area (TPSA) is 119 Å². The Morgan fingerprint density at radius 1 is 1.27 bits per heavy atom. The number of nitrogens with one attached hydrogen (secondary N) is 2. The molecule has 0 saturated heterocycles. The van der Waals surface area contributed by atoms with Crippen molar-refractivity contribution in [3.63, 3.8) is 0 Å². The van der Waals surface area contributed by atoms with Crippen molar-refractivity contribution in [2.45, 2.75) is 31.5 Å². The predicted octanol–water partition coefficient (Wildman–Crippen LogP) is 2.77. The smallest absolute Gasteiger partial charge is 0.252 e. The van der Waals surface area contributed by atoms with Gasteiger partial charge < -0.3 is 11.1 Å². The molecule has 10 heteroatoms. The zero-order valence-electron chi connectivity index (χ0n) is 16.3. The molecule has 8 nitrogen and oxygen atoms in total. The summed E-state index contributed by atoms with van der Waals surface area (Å²) in [7, 11) is -3.41. The van der Waals surface area contributed by atoms with Crippen molar-refractivity contribution < 1.29 is 17.6 Å². The Morgan fingerprint density at radius 3 is 2.73 bits per heavy atom. The summed E-state index contributed by atoms with van der Waals surface area (Å²) in [5.41, 5.74) is 8.69. The first-order valence-electron chi connectivity index (χ1n) is 9.51. The van der Waals surface area contributed by atoms with Gasteiger partial charge in [-0.2, -0.15) is 5.10 Å². The summed E-state index contributed by atoms with van der Waals surface area (Å²) in [6.45, 7) is 0. The van der Waals surface area contributed by atoms with Gasteiger partial charge in [-0.05, 0) is 43.0 Å². The molecule has 1 saturated carbocycles. The average molecular weight is 431 g/mol. The minimum Gasteiger partial charge on any atom is -0.377 e. The molecule has 1 aromatic carbocycles. The summed E-state index contributed by atoms with van der Waals surface area (Å²) < 4.78 is 41.3. The number of alkyl halides is 1. The van der Waals surface area contributed by atoms with Gasteiger partial charge in [-0.1, -0.05) is 12.1 Å². The first kappa shape index (κ1) is 20.1. The van der Waals surface area contributed by atoms with Gasteiger partial charge >= 0.3 is 0 Å². The monoisotopic (exact) mass is 431 g/mol. The van der Waals surface area contributed by atoms with Gasteiger partial charge in [0.25, 0.3) is 5.91 Å². The van der Waals surface area contributed by atoms with Crippen LogP contribution in [0.5, 0.6) is 0 Å². The van der Waals surface area contributed by atoms with E-state index < -0.39 is 28.1 Å². The van der Waals surface area contributed by atoms with Crippen LogP contribution in [-0.4, -0.2) is 42.4 Å². The number of amides is 1.